The van der Waals surface area contributed by atoms with Gasteiger partial charge in [0.2, 0.25) is 23.4 Å². The summed E-state index contributed by atoms with van der Waals surface area (Å²) in [6, 6.07) is 0. The van der Waals surface area contributed by atoms with Crippen molar-refractivity contribution in [3.05, 3.63) is 11.7 Å². The summed E-state index contributed by atoms with van der Waals surface area (Å²) < 4.78 is 16.2. The molecule has 2 heterocycles. The number of Topliss-reactive ketones (excluding diaryl/α,β-unsaturated/α-hetero) is 1. The first kappa shape index (κ1) is 24.2. The Kier molecular flexibility index (Phi) is 7.86. The first-order valence-electron chi connectivity index (χ1n) is 11.5. The van der Waals surface area contributed by atoms with Gasteiger partial charge in [-0.05, 0) is 12.8 Å². The Morgan fingerprint density at radius 2 is 1.84 bits per heavy atom. The van der Waals surface area contributed by atoms with Crippen LogP contribution in [0.2, 0.25) is 0 Å². The molecule has 1 saturated heterocycles. The second kappa shape index (κ2) is 10.4. The van der Waals surface area contributed by atoms with Crippen LogP contribution in [-0.4, -0.2) is 64.7 Å². The molecule has 2 N–H and O–H groups in total. The third-order valence-corrected chi connectivity index (χ3v) is 6.97. The summed E-state index contributed by atoms with van der Waals surface area (Å²) in [7, 11) is 0. The largest absolute Gasteiger partial charge is 0.433 e. The minimum Gasteiger partial charge on any atom is -0.433 e. The van der Waals surface area contributed by atoms with E-state index in [0.29, 0.717) is 38.6 Å². The number of morpholine rings is 1. The molecule has 0 radical (unpaired) electrons. The van der Waals surface area contributed by atoms with Crippen LogP contribution in [0, 0.1) is 17.8 Å². The van der Waals surface area contributed by atoms with Crippen LogP contribution < -0.4 is 5.73 Å². The third kappa shape index (κ3) is 4.79. The number of aromatic nitrogens is 2. The number of carbonyl (C=O) groups excluding carboxylic acids is 3. The molecular formula is C22H34N4O6. The second-order valence-electron chi connectivity index (χ2n) is 8.75. The Bertz CT molecular complexity index is 815. The fourth-order valence-corrected chi connectivity index (χ4v) is 5.08. The quantitative estimate of drug-likeness (QED) is 0.596. The molecule has 1 saturated carbocycles. The van der Waals surface area contributed by atoms with Crippen LogP contribution in [0.15, 0.2) is 4.52 Å². The Labute approximate surface area is 188 Å². The number of aryl methyl sites for hydroxylation is 1. The molecule has 178 valence electrons. The second-order valence-corrected chi connectivity index (χ2v) is 8.75. The Hall–Kier alpha value is -2.49. The number of ketones is 1. The Balaban J connectivity index is 2.07. The van der Waals surface area contributed by atoms with Crippen LogP contribution in [0.1, 0.15) is 69.4 Å². The zero-order valence-electron chi connectivity index (χ0n) is 19.2. The van der Waals surface area contributed by atoms with Gasteiger partial charge in [-0.25, -0.2) is 4.79 Å². The van der Waals surface area contributed by atoms with Gasteiger partial charge in [0.15, 0.2) is 5.60 Å². The minimum absolute atomic E-state index is 0.0875. The molecular weight excluding hydrogens is 416 g/mol. The first-order valence-corrected chi connectivity index (χ1v) is 11.5. The van der Waals surface area contributed by atoms with Crippen LogP contribution >= 0.6 is 0 Å². The van der Waals surface area contributed by atoms with E-state index in [1.54, 1.807) is 11.8 Å². The molecule has 2 fully saturated rings. The molecule has 3 unspecified atom stereocenters. The topological polar surface area (TPSA) is 138 Å². The fraction of sp³-hybridized carbons (Fsp3) is 0.773. The lowest BCUT2D eigenvalue weighted by Gasteiger charge is -2.45. The molecule has 10 heteroatoms. The zero-order chi connectivity index (χ0) is 23.3. The Morgan fingerprint density at radius 1 is 1.19 bits per heavy atom. The molecule has 3 rings (SSSR count). The summed E-state index contributed by atoms with van der Waals surface area (Å²) >= 11 is 0. The summed E-state index contributed by atoms with van der Waals surface area (Å²) in [5.41, 5.74) is 3.65. The van der Waals surface area contributed by atoms with Crippen molar-refractivity contribution >= 4 is 17.8 Å². The van der Waals surface area contributed by atoms with E-state index < -0.39 is 29.3 Å². The highest BCUT2D eigenvalue weighted by atomic mass is 16.6. The number of carbonyl (C=O) groups is 3. The average Bonchev–Trinajstić information content (AvgIpc) is 3.31. The number of ether oxygens (including phenoxy) is 2. The van der Waals surface area contributed by atoms with E-state index in [4.69, 9.17) is 19.7 Å². The maximum atomic E-state index is 13.9. The van der Waals surface area contributed by atoms with Gasteiger partial charge in [0.25, 0.3) is 0 Å². The van der Waals surface area contributed by atoms with Crippen molar-refractivity contribution in [1.82, 2.24) is 15.0 Å². The van der Waals surface area contributed by atoms with Gasteiger partial charge < -0.3 is 24.6 Å². The molecule has 0 bridgehead atoms. The smallest absolute Gasteiger partial charge is 0.405 e. The lowest BCUT2D eigenvalue weighted by atomic mass is 9.66. The highest BCUT2D eigenvalue weighted by Gasteiger charge is 2.58. The van der Waals surface area contributed by atoms with E-state index in [1.165, 1.54) is 0 Å². The summed E-state index contributed by atoms with van der Waals surface area (Å²) in [5, 5.41) is 3.83. The van der Waals surface area contributed by atoms with E-state index >= 15 is 0 Å². The van der Waals surface area contributed by atoms with Crippen LogP contribution in [-0.2, 0) is 20.7 Å². The lowest BCUT2D eigenvalue weighted by molar-refractivity contribution is -0.150. The van der Waals surface area contributed by atoms with Crippen LogP contribution in [0.25, 0.3) is 0 Å². The fourth-order valence-electron chi connectivity index (χ4n) is 5.08. The highest BCUT2D eigenvalue weighted by molar-refractivity contribution is 6.04. The summed E-state index contributed by atoms with van der Waals surface area (Å²) in [5.74, 6) is -2.21. The van der Waals surface area contributed by atoms with Crippen molar-refractivity contribution in [2.75, 3.05) is 26.3 Å². The van der Waals surface area contributed by atoms with Crippen molar-refractivity contribution in [2.24, 2.45) is 23.5 Å². The van der Waals surface area contributed by atoms with E-state index in [2.05, 4.69) is 10.1 Å². The lowest BCUT2D eigenvalue weighted by Crippen LogP contribution is -2.61. The van der Waals surface area contributed by atoms with E-state index in [0.717, 1.165) is 32.1 Å². The molecule has 2 aliphatic rings. The van der Waals surface area contributed by atoms with Crippen molar-refractivity contribution in [3.63, 3.8) is 0 Å². The molecule has 1 aliphatic carbocycles. The van der Waals surface area contributed by atoms with Gasteiger partial charge >= 0.3 is 6.09 Å². The highest BCUT2D eigenvalue weighted by Crippen LogP contribution is 2.43. The summed E-state index contributed by atoms with van der Waals surface area (Å²) in [4.78, 5) is 45.4. The van der Waals surface area contributed by atoms with Crippen LogP contribution in [0.3, 0.4) is 0 Å². The number of hydrogen-bond acceptors (Lipinski definition) is 8. The van der Waals surface area contributed by atoms with Gasteiger partial charge in [-0.3, -0.25) is 9.59 Å². The number of primary amides is 1. The van der Waals surface area contributed by atoms with Gasteiger partial charge in [0, 0.05) is 25.4 Å². The Morgan fingerprint density at radius 3 is 2.41 bits per heavy atom. The van der Waals surface area contributed by atoms with Crippen molar-refractivity contribution < 1.29 is 28.4 Å². The number of nitrogens with zero attached hydrogens (tertiary/aromatic N) is 3. The number of hydrogen-bond donors (Lipinski definition) is 1. The molecule has 32 heavy (non-hydrogen) atoms. The minimum atomic E-state index is -1.84. The van der Waals surface area contributed by atoms with Crippen LogP contribution in [0.4, 0.5) is 4.79 Å². The van der Waals surface area contributed by atoms with E-state index in [1.807, 2.05) is 13.8 Å². The van der Waals surface area contributed by atoms with Gasteiger partial charge in [0.1, 0.15) is 0 Å². The van der Waals surface area contributed by atoms with Crippen molar-refractivity contribution in [3.8, 4) is 0 Å². The standard InChI is InChI=1S/C22H34N4O6/c1-4-17-24-19(25-32-17)18(27)22(31-21(23)29,14(2)16-8-6-5-7-9-16)15(3)20(28)26-10-12-30-13-11-26/h14-16H,4-13H2,1-3H3,(H2,23,29). The molecule has 0 aromatic carbocycles. The van der Waals surface area contributed by atoms with Gasteiger partial charge in [-0.15, -0.1) is 0 Å². The number of rotatable bonds is 8. The molecule has 3 atom stereocenters. The maximum Gasteiger partial charge on any atom is 0.405 e. The average molecular weight is 451 g/mol. The van der Waals surface area contributed by atoms with Gasteiger partial charge in [-0.2, -0.15) is 4.98 Å². The summed E-state index contributed by atoms with van der Waals surface area (Å²) in [6.45, 7) is 6.95. The van der Waals surface area contributed by atoms with E-state index in [-0.39, 0.29) is 17.6 Å². The molecule has 1 aromatic rings. The monoisotopic (exact) mass is 450 g/mol. The van der Waals surface area contributed by atoms with E-state index in [9.17, 15) is 14.4 Å². The predicted molar refractivity (Wildman–Crippen MR) is 114 cm³/mol. The molecule has 1 aromatic heterocycles. The van der Waals surface area contributed by atoms with Crippen molar-refractivity contribution in [1.29, 1.82) is 0 Å². The molecule has 10 nitrogen and oxygen atoms in total. The van der Waals surface area contributed by atoms with Gasteiger partial charge in [0.05, 0.1) is 19.1 Å². The number of nitrogens with two attached hydrogens (primary N) is 1. The normalized spacial score (nSPS) is 21.4. The van der Waals surface area contributed by atoms with Crippen molar-refractivity contribution in [2.45, 2.75) is 64.9 Å². The van der Waals surface area contributed by atoms with Crippen LogP contribution in [0.5, 0.6) is 0 Å². The zero-order valence-corrected chi connectivity index (χ0v) is 19.2. The maximum absolute atomic E-state index is 13.9. The number of amides is 2. The molecule has 2 amide bonds. The molecule has 0 spiro atoms. The summed E-state index contributed by atoms with van der Waals surface area (Å²) in [6.07, 6.45) is 4.25. The third-order valence-electron chi connectivity index (χ3n) is 6.97. The predicted octanol–water partition coefficient (Wildman–Crippen LogP) is 2.36. The van der Waals surface area contributed by atoms with Gasteiger partial charge in [-0.1, -0.05) is 51.1 Å². The SMILES string of the molecule is CCc1nc(C(=O)C(OC(N)=O)(C(C)C(=O)N2CCOCC2)C(C)C2CCCCC2)no1. The molecule has 1 aliphatic heterocycles. The first-order chi connectivity index (χ1) is 15.3.